The van der Waals surface area contributed by atoms with Crippen molar-refractivity contribution in [2.45, 2.75) is 0 Å². The molecule has 0 bridgehead atoms. The zero-order chi connectivity index (χ0) is 13.8. The summed E-state index contributed by atoms with van der Waals surface area (Å²) in [6.07, 6.45) is 5.02. The fraction of sp³-hybridized carbons (Fsp3) is 0. The van der Waals surface area contributed by atoms with E-state index in [1.54, 1.807) is 36.8 Å². The van der Waals surface area contributed by atoms with Gasteiger partial charge in [0.2, 0.25) is 0 Å². The quantitative estimate of drug-likeness (QED) is 0.802. The Kier molecular flexibility index (Phi) is 3.47. The Bertz CT molecular complexity index is 712. The highest BCUT2D eigenvalue weighted by molar-refractivity contribution is 7.14. The summed E-state index contributed by atoms with van der Waals surface area (Å²) < 4.78 is 0. The lowest BCUT2D eigenvalue weighted by Crippen LogP contribution is -2.13. The summed E-state index contributed by atoms with van der Waals surface area (Å²) in [5.74, 6) is -0.266. The molecule has 0 aromatic carbocycles. The molecule has 20 heavy (non-hydrogen) atoms. The molecule has 0 aliphatic rings. The van der Waals surface area contributed by atoms with Crippen LogP contribution in [-0.4, -0.2) is 20.9 Å². The van der Waals surface area contributed by atoms with E-state index in [1.165, 1.54) is 11.3 Å². The van der Waals surface area contributed by atoms with Crippen molar-refractivity contribution in [2.24, 2.45) is 0 Å². The van der Waals surface area contributed by atoms with E-state index in [4.69, 9.17) is 0 Å². The molecular weight excluding hydrogens is 272 g/mol. The molecule has 98 valence electrons. The first-order valence-corrected chi connectivity index (χ1v) is 6.79. The van der Waals surface area contributed by atoms with Crippen LogP contribution in [0.5, 0.6) is 0 Å². The van der Waals surface area contributed by atoms with Gasteiger partial charge < -0.3 is 0 Å². The molecule has 1 N–H and O–H groups in total. The van der Waals surface area contributed by atoms with Gasteiger partial charge in [-0.15, -0.1) is 11.3 Å². The van der Waals surface area contributed by atoms with Crippen molar-refractivity contribution in [1.29, 1.82) is 0 Å². The lowest BCUT2D eigenvalue weighted by atomic mass is 10.2. The first-order chi connectivity index (χ1) is 9.83. The number of thiazole rings is 1. The Morgan fingerprint density at radius 1 is 1.15 bits per heavy atom. The Hall–Kier alpha value is -2.60. The van der Waals surface area contributed by atoms with Gasteiger partial charge in [-0.05, 0) is 24.3 Å². The fourth-order valence-electron chi connectivity index (χ4n) is 1.64. The van der Waals surface area contributed by atoms with Crippen LogP contribution >= 0.6 is 11.3 Å². The average Bonchev–Trinajstić information content (AvgIpc) is 2.97. The SMILES string of the molecule is O=C(Nc1nc(-c2cccnc2)cs1)c1ccccn1. The van der Waals surface area contributed by atoms with Crippen LogP contribution in [0.4, 0.5) is 5.13 Å². The van der Waals surface area contributed by atoms with E-state index >= 15 is 0 Å². The highest BCUT2D eigenvalue weighted by Crippen LogP contribution is 2.24. The molecular formula is C14H10N4OS. The third-order valence-electron chi connectivity index (χ3n) is 2.58. The number of nitrogens with zero attached hydrogens (tertiary/aromatic N) is 3. The largest absolute Gasteiger partial charge is 0.296 e. The summed E-state index contributed by atoms with van der Waals surface area (Å²) >= 11 is 1.37. The van der Waals surface area contributed by atoms with Gasteiger partial charge >= 0.3 is 0 Å². The molecule has 3 heterocycles. The van der Waals surface area contributed by atoms with E-state index in [1.807, 2.05) is 17.5 Å². The number of rotatable bonds is 3. The van der Waals surface area contributed by atoms with Gasteiger partial charge in [0.05, 0.1) is 5.69 Å². The first kappa shape index (κ1) is 12.4. The number of hydrogen-bond acceptors (Lipinski definition) is 5. The van der Waals surface area contributed by atoms with Gasteiger partial charge in [0.15, 0.2) is 5.13 Å². The Morgan fingerprint density at radius 2 is 2.10 bits per heavy atom. The molecule has 0 unspecified atom stereocenters. The molecule has 0 saturated carbocycles. The molecule has 5 nitrogen and oxygen atoms in total. The zero-order valence-electron chi connectivity index (χ0n) is 10.4. The zero-order valence-corrected chi connectivity index (χ0v) is 11.2. The van der Waals surface area contributed by atoms with Crippen molar-refractivity contribution in [2.75, 3.05) is 5.32 Å². The van der Waals surface area contributed by atoms with Crippen molar-refractivity contribution in [3.05, 3.63) is 60.0 Å². The predicted octanol–water partition coefficient (Wildman–Crippen LogP) is 2.85. The van der Waals surface area contributed by atoms with E-state index in [-0.39, 0.29) is 5.91 Å². The lowest BCUT2D eigenvalue weighted by Gasteiger charge is -1.99. The monoisotopic (exact) mass is 282 g/mol. The maximum atomic E-state index is 11.9. The number of nitrogens with one attached hydrogen (secondary N) is 1. The molecule has 0 saturated heterocycles. The van der Waals surface area contributed by atoms with Crippen LogP contribution in [0.3, 0.4) is 0 Å². The summed E-state index contributed by atoms with van der Waals surface area (Å²) in [6, 6.07) is 8.96. The van der Waals surface area contributed by atoms with Crippen LogP contribution in [0.15, 0.2) is 54.3 Å². The van der Waals surface area contributed by atoms with Crippen molar-refractivity contribution in [3.8, 4) is 11.3 Å². The number of aromatic nitrogens is 3. The smallest absolute Gasteiger partial charge is 0.276 e. The summed E-state index contributed by atoms with van der Waals surface area (Å²) in [5, 5.41) is 5.16. The Morgan fingerprint density at radius 3 is 2.85 bits per heavy atom. The standard InChI is InChI=1S/C14H10N4OS/c19-13(11-5-1-2-7-16-11)18-14-17-12(9-20-14)10-4-3-6-15-8-10/h1-9H,(H,17,18,19). The van der Waals surface area contributed by atoms with Crippen molar-refractivity contribution >= 4 is 22.4 Å². The normalized spacial score (nSPS) is 10.2. The highest BCUT2D eigenvalue weighted by atomic mass is 32.1. The van der Waals surface area contributed by atoms with E-state index in [0.717, 1.165) is 11.3 Å². The van der Waals surface area contributed by atoms with Crippen molar-refractivity contribution in [3.63, 3.8) is 0 Å². The molecule has 0 aliphatic carbocycles. The van der Waals surface area contributed by atoms with E-state index in [2.05, 4.69) is 20.3 Å². The van der Waals surface area contributed by atoms with Gasteiger partial charge in [0.25, 0.3) is 5.91 Å². The van der Waals surface area contributed by atoms with E-state index in [0.29, 0.717) is 10.8 Å². The van der Waals surface area contributed by atoms with Gasteiger partial charge in [-0.25, -0.2) is 4.98 Å². The van der Waals surface area contributed by atoms with Crippen LogP contribution in [0.25, 0.3) is 11.3 Å². The molecule has 3 aromatic rings. The summed E-state index contributed by atoms with van der Waals surface area (Å²) in [5.41, 5.74) is 2.08. The summed E-state index contributed by atoms with van der Waals surface area (Å²) in [4.78, 5) is 24.3. The second-order valence-electron chi connectivity index (χ2n) is 3.95. The van der Waals surface area contributed by atoms with Crippen LogP contribution in [0.2, 0.25) is 0 Å². The minimum absolute atomic E-state index is 0.266. The third kappa shape index (κ3) is 2.70. The van der Waals surface area contributed by atoms with Gasteiger partial charge in [0, 0.05) is 29.5 Å². The highest BCUT2D eigenvalue weighted by Gasteiger charge is 2.10. The van der Waals surface area contributed by atoms with Crippen LogP contribution < -0.4 is 5.32 Å². The number of amides is 1. The molecule has 1 amide bonds. The fourth-order valence-corrected chi connectivity index (χ4v) is 2.35. The molecule has 0 spiro atoms. The van der Waals surface area contributed by atoms with Gasteiger partial charge in [-0.3, -0.25) is 20.1 Å². The number of carbonyl (C=O) groups excluding carboxylic acids is 1. The Labute approximate surface area is 119 Å². The minimum atomic E-state index is -0.266. The molecule has 6 heteroatoms. The minimum Gasteiger partial charge on any atom is -0.296 e. The third-order valence-corrected chi connectivity index (χ3v) is 3.34. The van der Waals surface area contributed by atoms with E-state index in [9.17, 15) is 4.79 Å². The number of anilines is 1. The van der Waals surface area contributed by atoms with Crippen LogP contribution in [-0.2, 0) is 0 Å². The van der Waals surface area contributed by atoms with Crippen LogP contribution in [0, 0.1) is 0 Å². The second kappa shape index (κ2) is 5.58. The molecule has 3 aromatic heterocycles. The van der Waals surface area contributed by atoms with Crippen molar-refractivity contribution in [1.82, 2.24) is 15.0 Å². The topological polar surface area (TPSA) is 67.8 Å². The van der Waals surface area contributed by atoms with E-state index < -0.39 is 0 Å². The maximum absolute atomic E-state index is 11.9. The van der Waals surface area contributed by atoms with Gasteiger partial charge in [0.1, 0.15) is 5.69 Å². The summed E-state index contributed by atoms with van der Waals surface area (Å²) in [7, 11) is 0. The molecule has 0 fully saturated rings. The number of pyridine rings is 2. The summed E-state index contributed by atoms with van der Waals surface area (Å²) in [6.45, 7) is 0. The average molecular weight is 282 g/mol. The number of carbonyl (C=O) groups is 1. The molecule has 3 rings (SSSR count). The molecule has 0 atom stereocenters. The lowest BCUT2D eigenvalue weighted by molar-refractivity contribution is 0.102. The molecule has 0 aliphatic heterocycles. The second-order valence-corrected chi connectivity index (χ2v) is 4.81. The van der Waals surface area contributed by atoms with Crippen LogP contribution in [0.1, 0.15) is 10.5 Å². The van der Waals surface area contributed by atoms with Crippen molar-refractivity contribution < 1.29 is 4.79 Å². The first-order valence-electron chi connectivity index (χ1n) is 5.91. The van der Waals surface area contributed by atoms with Gasteiger partial charge in [-0.2, -0.15) is 0 Å². The predicted molar refractivity (Wildman–Crippen MR) is 77.5 cm³/mol. The Balaban J connectivity index is 1.77. The number of hydrogen-bond donors (Lipinski definition) is 1. The van der Waals surface area contributed by atoms with Gasteiger partial charge in [-0.1, -0.05) is 6.07 Å². The molecule has 0 radical (unpaired) electrons. The maximum Gasteiger partial charge on any atom is 0.276 e.